The van der Waals surface area contributed by atoms with Crippen molar-refractivity contribution in [2.75, 3.05) is 58.3 Å². The lowest BCUT2D eigenvalue weighted by molar-refractivity contribution is -0.132. The second-order valence-corrected chi connectivity index (χ2v) is 5.20. The largest absolute Gasteiger partial charge is 0.339 e. The van der Waals surface area contributed by atoms with E-state index in [4.69, 9.17) is 0 Å². The number of rotatable bonds is 6. The highest BCUT2D eigenvalue weighted by atomic mass is 32.2. The molecule has 0 unspecified atom stereocenters. The van der Waals surface area contributed by atoms with Crippen molar-refractivity contribution in [2.45, 2.75) is 6.42 Å². The Kier molecular flexibility index (Phi) is 6.84. The number of hydrogen-bond donors (Lipinski definition) is 1. The molecular weight excluding hydrogens is 222 g/mol. The van der Waals surface area contributed by atoms with Gasteiger partial charge >= 0.3 is 0 Å². The van der Waals surface area contributed by atoms with Gasteiger partial charge in [-0.2, -0.15) is 11.8 Å². The Morgan fingerprint density at radius 1 is 1.44 bits per heavy atom. The van der Waals surface area contributed by atoms with Crippen LogP contribution in [0.25, 0.3) is 0 Å². The van der Waals surface area contributed by atoms with Crippen LogP contribution in [0.1, 0.15) is 6.42 Å². The molecule has 0 aromatic rings. The Morgan fingerprint density at radius 2 is 2.12 bits per heavy atom. The van der Waals surface area contributed by atoms with Gasteiger partial charge in [-0.05, 0) is 32.0 Å². The van der Waals surface area contributed by atoms with E-state index in [-0.39, 0.29) is 5.91 Å². The molecule has 1 fully saturated rings. The summed E-state index contributed by atoms with van der Waals surface area (Å²) in [5.41, 5.74) is 0. The molecule has 0 spiro atoms. The van der Waals surface area contributed by atoms with E-state index in [1.807, 2.05) is 23.7 Å². The number of nitrogens with zero attached hydrogens (tertiary/aromatic N) is 2. The van der Waals surface area contributed by atoms with Gasteiger partial charge < -0.3 is 10.2 Å². The molecule has 5 heteroatoms. The van der Waals surface area contributed by atoms with Crippen LogP contribution in [0.2, 0.25) is 0 Å². The smallest absolute Gasteiger partial charge is 0.236 e. The molecule has 1 amide bonds. The first kappa shape index (κ1) is 13.8. The maximum atomic E-state index is 11.9. The normalized spacial score (nSPS) is 16.8. The molecule has 0 aromatic carbocycles. The quantitative estimate of drug-likeness (QED) is 0.674. The van der Waals surface area contributed by atoms with E-state index >= 15 is 0 Å². The summed E-state index contributed by atoms with van der Waals surface area (Å²) >= 11 is 1.86. The van der Waals surface area contributed by atoms with Gasteiger partial charge in [-0.25, -0.2) is 0 Å². The minimum atomic E-state index is 0.271. The summed E-state index contributed by atoms with van der Waals surface area (Å²) < 4.78 is 0. The van der Waals surface area contributed by atoms with Gasteiger partial charge in [0, 0.05) is 26.2 Å². The number of likely N-dealkylation sites (N-methyl/N-ethyl adjacent to an activating group) is 1. The molecule has 0 aliphatic carbocycles. The number of carbonyl (C=O) groups excluding carboxylic acids is 1. The number of piperazine rings is 1. The van der Waals surface area contributed by atoms with E-state index in [0.717, 1.165) is 39.1 Å². The van der Waals surface area contributed by atoms with Crippen LogP contribution in [0.4, 0.5) is 0 Å². The van der Waals surface area contributed by atoms with E-state index in [1.165, 1.54) is 5.75 Å². The molecule has 0 radical (unpaired) electrons. The molecular formula is C11H23N3OS. The lowest BCUT2D eigenvalue weighted by Gasteiger charge is -2.29. The fourth-order valence-corrected chi connectivity index (χ4v) is 2.22. The fraction of sp³-hybridized carbons (Fsp3) is 0.909. The average molecular weight is 245 g/mol. The average Bonchev–Trinajstić information content (AvgIpc) is 2.30. The van der Waals surface area contributed by atoms with Crippen LogP contribution < -0.4 is 5.32 Å². The summed E-state index contributed by atoms with van der Waals surface area (Å²) in [6.07, 6.45) is 3.28. The molecule has 1 heterocycles. The van der Waals surface area contributed by atoms with Crippen molar-refractivity contribution in [3.8, 4) is 0 Å². The van der Waals surface area contributed by atoms with E-state index in [1.54, 1.807) is 0 Å². The summed E-state index contributed by atoms with van der Waals surface area (Å²) in [6, 6.07) is 0. The van der Waals surface area contributed by atoms with Crippen molar-refractivity contribution < 1.29 is 4.79 Å². The maximum absolute atomic E-state index is 11.9. The summed E-state index contributed by atoms with van der Waals surface area (Å²) in [5.74, 6) is 1.44. The summed E-state index contributed by atoms with van der Waals surface area (Å²) in [5, 5.41) is 3.25. The van der Waals surface area contributed by atoms with Crippen molar-refractivity contribution in [3.63, 3.8) is 0 Å². The molecule has 1 rings (SSSR count). The lowest BCUT2D eigenvalue weighted by Crippen LogP contribution is -2.49. The van der Waals surface area contributed by atoms with Crippen LogP contribution >= 0.6 is 11.8 Å². The number of carbonyl (C=O) groups is 1. The predicted octanol–water partition coefficient (Wildman–Crippen LogP) is 0.103. The Bertz CT molecular complexity index is 207. The molecule has 0 aromatic heterocycles. The zero-order valence-electron chi connectivity index (χ0n) is 10.4. The lowest BCUT2D eigenvalue weighted by atomic mass is 10.3. The standard InChI is InChI=1S/C11H23N3OS/c1-13(6-3-9-16-2)10-11(15)14-7-4-12-5-8-14/h12H,3-10H2,1-2H3. The molecule has 0 bridgehead atoms. The van der Waals surface area contributed by atoms with Gasteiger partial charge in [0.25, 0.3) is 0 Å². The number of hydrogen-bond acceptors (Lipinski definition) is 4. The Labute approximate surface area is 103 Å². The van der Waals surface area contributed by atoms with Gasteiger partial charge in [0.1, 0.15) is 0 Å². The van der Waals surface area contributed by atoms with Crippen LogP contribution in [0.3, 0.4) is 0 Å². The Morgan fingerprint density at radius 3 is 2.75 bits per heavy atom. The minimum Gasteiger partial charge on any atom is -0.339 e. The van der Waals surface area contributed by atoms with Crippen LogP contribution in [-0.2, 0) is 4.79 Å². The molecule has 94 valence electrons. The summed E-state index contributed by atoms with van der Waals surface area (Å²) in [6.45, 7) is 5.16. The maximum Gasteiger partial charge on any atom is 0.236 e. The van der Waals surface area contributed by atoms with Gasteiger partial charge in [0.05, 0.1) is 6.54 Å². The first-order valence-electron chi connectivity index (χ1n) is 5.90. The van der Waals surface area contributed by atoms with E-state index in [9.17, 15) is 4.79 Å². The first-order valence-corrected chi connectivity index (χ1v) is 7.29. The second kappa shape index (κ2) is 7.92. The highest BCUT2D eigenvalue weighted by Gasteiger charge is 2.16. The summed E-state index contributed by atoms with van der Waals surface area (Å²) in [7, 11) is 2.03. The first-order chi connectivity index (χ1) is 7.74. The number of amides is 1. The van der Waals surface area contributed by atoms with Gasteiger partial charge in [0.2, 0.25) is 5.91 Å². The van der Waals surface area contributed by atoms with Crippen molar-refractivity contribution in [2.24, 2.45) is 0 Å². The fourth-order valence-electron chi connectivity index (χ4n) is 1.80. The van der Waals surface area contributed by atoms with Gasteiger partial charge in [-0.1, -0.05) is 0 Å². The third-order valence-corrected chi connectivity index (χ3v) is 3.46. The predicted molar refractivity (Wildman–Crippen MR) is 69.9 cm³/mol. The van der Waals surface area contributed by atoms with Crippen molar-refractivity contribution in [1.82, 2.24) is 15.1 Å². The highest BCUT2D eigenvalue weighted by molar-refractivity contribution is 7.98. The molecule has 0 saturated carbocycles. The van der Waals surface area contributed by atoms with Gasteiger partial charge in [0.15, 0.2) is 0 Å². The monoisotopic (exact) mass is 245 g/mol. The van der Waals surface area contributed by atoms with Crippen LogP contribution in [0.15, 0.2) is 0 Å². The van der Waals surface area contributed by atoms with Crippen molar-refractivity contribution >= 4 is 17.7 Å². The molecule has 16 heavy (non-hydrogen) atoms. The Balaban J connectivity index is 2.16. The van der Waals surface area contributed by atoms with Crippen molar-refractivity contribution in [3.05, 3.63) is 0 Å². The second-order valence-electron chi connectivity index (χ2n) is 4.21. The zero-order valence-corrected chi connectivity index (χ0v) is 11.2. The number of thioether (sulfide) groups is 1. The van der Waals surface area contributed by atoms with Crippen LogP contribution in [0.5, 0.6) is 0 Å². The van der Waals surface area contributed by atoms with E-state index < -0.39 is 0 Å². The molecule has 1 aliphatic rings. The molecule has 1 aliphatic heterocycles. The minimum absolute atomic E-state index is 0.271. The molecule has 4 nitrogen and oxygen atoms in total. The topological polar surface area (TPSA) is 35.6 Å². The SMILES string of the molecule is CSCCCN(C)CC(=O)N1CCNCC1. The van der Waals surface area contributed by atoms with Gasteiger partial charge in [-0.3, -0.25) is 9.69 Å². The Hall–Kier alpha value is -0.260. The molecule has 1 N–H and O–H groups in total. The molecule has 1 saturated heterocycles. The third-order valence-electron chi connectivity index (χ3n) is 2.76. The zero-order chi connectivity index (χ0) is 11.8. The summed E-state index contributed by atoms with van der Waals surface area (Å²) in [4.78, 5) is 16.0. The van der Waals surface area contributed by atoms with Crippen molar-refractivity contribution in [1.29, 1.82) is 0 Å². The third kappa shape index (κ3) is 5.18. The van der Waals surface area contributed by atoms with E-state index in [0.29, 0.717) is 6.54 Å². The van der Waals surface area contributed by atoms with Crippen LogP contribution in [0, 0.1) is 0 Å². The van der Waals surface area contributed by atoms with E-state index in [2.05, 4.69) is 16.5 Å². The highest BCUT2D eigenvalue weighted by Crippen LogP contribution is 1.99. The molecule has 0 atom stereocenters. The number of nitrogens with one attached hydrogen (secondary N) is 1. The van der Waals surface area contributed by atoms with Crippen LogP contribution in [-0.4, -0.2) is 74.0 Å². The van der Waals surface area contributed by atoms with Gasteiger partial charge in [-0.15, -0.1) is 0 Å².